The highest BCUT2D eigenvalue weighted by molar-refractivity contribution is 8.00. The Morgan fingerprint density at radius 3 is 2.80 bits per heavy atom. The first-order valence-electron chi connectivity index (χ1n) is 6.28. The first-order chi connectivity index (χ1) is 9.65. The topological polar surface area (TPSA) is 46.9 Å². The van der Waals surface area contributed by atoms with Gasteiger partial charge in [0.15, 0.2) is 0 Å². The molecule has 2 aromatic rings. The van der Waals surface area contributed by atoms with Gasteiger partial charge < -0.3 is 9.88 Å². The predicted octanol–water partition coefficient (Wildman–Crippen LogP) is 2.24. The molecule has 0 saturated carbocycles. The molecule has 0 unspecified atom stereocenters. The molecule has 0 fully saturated rings. The lowest BCUT2D eigenvalue weighted by molar-refractivity contribution is -0.118. The molecule has 0 bridgehead atoms. The monoisotopic (exact) mass is 293 g/mol. The van der Waals surface area contributed by atoms with Gasteiger partial charge in [0.05, 0.1) is 5.75 Å². The van der Waals surface area contributed by atoms with Crippen molar-refractivity contribution >= 4 is 17.7 Å². The third-order valence-corrected chi connectivity index (χ3v) is 3.79. The third kappa shape index (κ3) is 4.38. The molecule has 0 aliphatic heterocycles. The van der Waals surface area contributed by atoms with Crippen molar-refractivity contribution in [2.45, 2.75) is 18.4 Å². The highest BCUT2D eigenvalue weighted by Crippen LogP contribution is 2.17. The van der Waals surface area contributed by atoms with Crippen LogP contribution in [0.4, 0.5) is 4.39 Å². The summed E-state index contributed by atoms with van der Waals surface area (Å²) in [4.78, 5) is 16.7. The van der Waals surface area contributed by atoms with Crippen LogP contribution >= 0.6 is 11.8 Å². The summed E-state index contributed by atoms with van der Waals surface area (Å²) >= 11 is 1.39. The number of thioether (sulfide) groups is 1. The minimum Gasteiger partial charge on any atom is -0.354 e. The Bertz CT molecular complexity index is 568. The molecule has 4 nitrogen and oxygen atoms in total. The number of rotatable bonds is 6. The third-order valence-electron chi connectivity index (χ3n) is 2.78. The predicted molar refractivity (Wildman–Crippen MR) is 77.1 cm³/mol. The van der Waals surface area contributed by atoms with Crippen LogP contribution in [0.5, 0.6) is 0 Å². The van der Waals surface area contributed by atoms with Gasteiger partial charge in [-0.3, -0.25) is 4.79 Å². The highest BCUT2D eigenvalue weighted by atomic mass is 32.2. The molecule has 0 aliphatic rings. The van der Waals surface area contributed by atoms with E-state index in [4.69, 9.17) is 0 Å². The van der Waals surface area contributed by atoms with Gasteiger partial charge in [-0.05, 0) is 31.2 Å². The molecule has 1 amide bonds. The quantitative estimate of drug-likeness (QED) is 0.831. The van der Waals surface area contributed by atoms with Crippen LogP contribution in [0, 0.1) is 12.7 Å². The fraction of sp³-hybridized carbons (Fsp3) is 0.286. The van der Waals surface area contributed by atoms with Crippen molar-refractivity contribution in [2.24, 2.45) is 0 Å². The van der Waals surface area contributed by atoms with E-state index >= 15 is 0 Å². The second-order valence-corrected chi connectivity index (χ2v) is 5.31. The Kier molecular flexibility index (Phi) is 5.17. The summed E-state index contributed by atoms with van der Waals surface area (Å²) in [6, 6.07) is 6.12. The number of nitrogens with zero attached hydrogens (tertiary/aromatic N) is 2. The normalized spacial score (nSPS) is 10.5. The summed E-state index contributed by atoms with van der Waals surface area (Å²) in [6.45, 7) is 3.20. The summed E-state index contributed by atoms with van der Waals surface area (Å²) in [5, 5.41) is 2.85. The molecule has 0 saturated heterocycles. The molecule has 0 atom stereocenters. The average Bonchev–Trinajstić information content (AvgIpc) is 2.84. The van der Waals surface area contributed by atoms with Crippen molar-refractivity contribution in [3.05, 3.63) is 48.3 Å². The number of imidazole rings is 1. The maximum Gasteiger partial charge on any atom is 0.230 e. The number of carbonyl (C=O) groups is 1. The molecule has 0 radical (unpaired) electrons. The number of hydrogen-bond acceptors (Lipinski definition) is 3. The fourth-order valence-corrected chi connectivity index (χ4v) is 2.41. The summed E-state index contributed by atoms with van der Waals surface area (Å²) in [6.07, 6.45) is 3.62. The molecule has 1 aromatic heterocycles. The number of benzene rings is 1. The molecule has 0 aliphatic carbocycles. The molecular formula is C14H16FN3OS. The van der Waals surface area contributed by atoms with Crippen LogP contribution in [0.15, 0.2) is 41.6 Å². The van der Waals surface area contributed by atoms with E-state index < -0.39 is 0 Å². The van der Waals surface area contributed by atoms with E-state index in [1.54, 1.807) is 18.3 Å². The van der Waals surface area contributed by atoms with Gasteiger partial charge in [0.1, 0.15) is 11.6 Å². The molecular weight excluding hydrogens is 277 g/mol. The smallest absolute Gasteiger partial charge is 0.230 e. The van der Waals surface area contributed by atoms with E-state index in [2.05, 4.69) is 10.3 Å². The number of nitrogens with one attached hydrogen (secondary N) is 1. The molecule has 2 rings (SSSR count). The van der Waals surface area contributed by atoms with Crippen molar-refractivity contribution in [1.82, 2.24) is 14.9 Å². The van der Waals surface area contributed by atoms with Gasteiger partial charge in [0.2, 0.25) is 5.91 Å². The fourth-order valence-electron chi connectivity index (χ4n) is 1.69. The largest absolute Gasteiger partial charge is 0.354 e. The summed E-state index contributed by atoms with van der Waals surface area (Å²) < 4.78 is 14.7. The van der Waals surface area contributed by atoms with E-state index in [0.717, 1.165) is 10.7 Å². The van der Waals surface area contributed by atoms with Gasteiger partial charge in [-0.15, -0.1) is 11.8 Å². The number of carbonyl (C=O) groups excluding carboxylic acids is 1. The number of aromatic nitrogens is 2. The van der Waals surface area contributed by atoms with E-state index in [0.29, 0.717) is 18.8 Å². The lowest BCUT2D eigenvalue weighted by Gasteiger charge is -2.07. The van der Waals surface area contributed by atoms with Crippen molar-refractivity contribution in [2.75, 3.05) is 12.3 Å². The van der Waals surface area contributed by atoms with Crippen molar-refractivity contribution in [3.63, 3.8) is 0 Å². The van der Waals surface area contributed by atoms with Gasteiger partial charge in [-0.2, -0.15) is 0 Å². The van der Waals surface area contributed by atoms with Gasteiger partial charge in [0, 0.05) is 30.4 Å². The number of aryl methyl sites for hydroxylation is 1. The molecule has 106 valence electrons. The van der Waals surface area contributed by atoms with E-state index in [1.807, 2.05) is 17.7 Å². The zero-order chi connectivity index (χ0) is 14.4. The SMILES string of the molecule is Cc1nccn1CCNC(=O)CSc1ccc(F)cc1. The van der Waals surface area contributed by atoms with Crippen LogP contribution in [0.1, 0.15) is 5.82 Å². The Balaban J connectivity index is 1.68. The summed E-state index contributed by atoms with van der Waals surface area (Å²) in [7, 11) is 0. The van der Waals surface area contributed by atoms with Crippen LogP contribution in [0.25, 0.3) is 0 Å². The molecule has 1 heterocycles. The molecule has 6 heteroatoms. The zero-order valence-corrected chi connectivity index (χ0v) is 12.0. The lowest BCUT2D eigenvalue weighted by atomic mass is 10.4. The Morgan fingerprint density at radius 2 is 2.15 bits per heavy atom. The van der Waals surface area contributed by atoms with Crippen LogP contribution in [-0.2, 0) is 11.3 Å². The van der Waals surface area contributed by atoms with Crippen molar-refractivity contribution in [1.29, 1.82) is 0 Å². The molecule has 1 aromatic carbocycles. The van der Waals surface area contributed by atoms with Crippen LogP contribution < -0.4 is 5.32 Å². The second-order valence-electron chi connectivity index (χ2n) is 4.26. The maximum absolute atomic E-state index is 12.7. The minimum atomic E-state index is -0.269. The summed E-state index contributed by atoms with van der Waals surface area (Å²) in [5.74, 6) is 0.959. The van der Waals surface area contributed by atoms with Gasteiger partial charge >= 0.3 is 0 Å². The van der Waals surface area contributed by atoms with E-state index in [1.165, 1.54) is 23.9 Å². The van der Waals surface area contributed by atoms with Crippen molar-refractivity contribution < 1.29 is 9.18 Å². The van der Waals surface area contributed by atoms with Crippen molar-refractivity contribution in [3.8, 4) is 0 Å². The zero-order valence-electron chi connectivity index (χ0n) is 11.2. The first-order valence-corrected chi connectivity index (χ1v) is 7.26. The van der Waals surface area contributed by atoms with Gasteiger partial charge in [-0.25, -0.2) is 9.37 Å². The van der Waals surface area contributed by atoms with Crippen LogP contribution in [0.3, 0.4) is 0 Å². The second kappa shape index (κ2) is 7.09. The van der Waals surface area contributed by atoms with Gasteiger partial charge in [0.25, 0.3) is 0 Å². The minimum absolute atomic E-state index is 0.0305. The van der Waals surface area contributed by atoms with Gasteiger partial charge in [-0.1, -0.05) is 0 Å². The molecule has 1 N–H and O–H groups in total. The first kappa shape index (κ1) is 14.6. The highest BCUT2D eigenvalue weighted by Gasteiger charge is 2.03. The number of hydrogen-bond donors (Lipinski definition) is 1. The number of halogens is 1. The standard InChI is InChI=1S/C14H16FN3OS/c1-11-16-6-8-18(11)9-7-17-14(19)10-20-13-4-2-12(15)3-5-13/h2-6,8H,7,9-10H2,1H3,(H,17,19). The number of amides is 1. The molecule has 20 heavy (non-hydrogen) atoms. The summed E-state index contributed by atoms with van der Waals surface area (Å²) in [5.41, 5.74) is 0. The molecule has 0 spiro atoms. The van der Waals surface area contributed by atoms with Crippen LogP contribution in [-0.4, -0.2) is 27.8 Å². The lowest BCUT2D eigenvalue weighted by Crippen LogP contribution is -2.28. The Hall–Kier alpha value is -1.82. The average molecular weight is 293 g/mol. The van der Waals surface area contributed by atoms with E-state index in [-0.39, 0.29) is 11.7 Å². The Labute approximate surface area is 121 Å². The van der Waals surface area contributed by atoms with Crippen LogP contribution in [0.2, 0.25) is 0 Å². The van der Waals surface area contributed by atoms with E-state index in [9.17, 15) is 9.18 Å². The maximum atomic E-state index is 12.7. The Morgan fingerprint density at radius 1 is 1.40 bits per heavy atom.